The lowest BCUT2D eigenvalue weighted by atomic mass is 10.2. The highest BCUT2D eigenvalue weighted by atomic mass is 32.2. The first-order valence-corrected chi connectivity index (χ1v) is 10.9. The molecule has 9 heteroatoms. The van der Waals surface area contributed by atoms with Crippen LogP contribution >= 0.6 is 11.3 Å². The SMILES string of the molecule is COc1ccc(C(=O)Nc2nnc(CCS(=O)(=O)c3ccc(C)cc3)s2)cc1. The molecule has 0 fully saturated rings. The van der Waals surface area contributed by atoms with Crippen LogP contribution in [-0.2, 0) is 16.3 Å². The molecule has 0 radical (unpaired) electrons. The van der Waals surface area contributed by atoms with Gasteiger partial charge in [0.1, 0.15) is 10.8 Å². The predicted molar refractivity (Wildman–Crippen MR) is 108 cm³/mol. The Bertz CT molecular complexity index is 1060. The lowest BCUT2D eigenvalue weighted by Crippen LogP contribution is -2.11. The van der Waals surface area contributed by atoms with Crippen LogP contribution < -0.4 is 10.1 Å². The van der Waals surface area contributed by atoms with Crippen molar-refractivity contribution in [3.05, 3.63) is 64.7 Å². The number of hydrogen-bond acceptors (Lipinski definition) is 7. The van der Waals surface area contributed by atoms with Crippen LogP contribution in [0.25, 0.3) is 0 Å². The summed E-state index contributed by atoms with van der Waals surface area (Å²) >= 11 is 1.16. The first-order chi connectivity index (χ1) is 13.4. The third-order valence-corrected chi connectivity index (χ3v) is 6.63. The number of anilines is 1. The van der Waals surface area contributed by atoms with E-state index >= 15 is 0 Å². The number of methoxy groups -OCH3 is 1. The van der Waals surface area contributed by atoms with Crippen LogP contribution in [0, 0.1) is 6.92 Å². The number of sulfone groups is 1. The molecule has 2 aromatic carbocycles. The topological polar surface area (TPSA) is 98.2 Å². The number of amides is 1. The Labute approximate surface area is 167 Å². The Morgan fingerprint density at radius 3 is 2.39 bits per heavy atom. The van der Waals surface area contributed by atoms with Crippen LogP contribution in [0.15, 0.2) is 53.4 Å². The van der Waals surface area contributed by atoms with E-state index in [0.29, 0.717) is 21.5 Å². The van der Waals surface area contributed by atoms with Crippen molar-refractivity contribution in [3.63, 3.8) is 0 Å². The molecule has 0 saturated heterocycles. The third-order valence-electron chi connectivity index (χ3n) is 4.00. The van der Waals surface area contributed by atoms with E-state index in [1.807, 2.05) is 6.92 Å². The molecule has 0 aliphatic heterocycles. The van der Waals surface area contributed by atoms with Crippen molar-refractivity contribution in [2.75, 3.05) is 18.2 Å². The number of aryl methyl sites for hydroxylation is 2. The number of hydrogen-bond donors (Lipinski definition) is 1. The summed E-state index contributed by atoms with van der Waals surface area (Å²) in [5, 5.41) is 11.4. The first-order valence-electron chi connectivity index (χ1n) is 8.44. The molecule has 0 saturated carbocycles. The minimum absolute atomic E-state index is 0.0723. The number of nitrogens with zero attached hydrogens (tertiary/aromatic N) is 2. The normalized spacial score (nSPS) is 11.2. The highest BCUT2D eigenvalue weighted by Gasteiger charge is 2.16. The van der Waals surface area contributed by atoms with Gasteiger partial charge in [-0.25, -0.2) is 8.42 Å². The van der Waals surface area contributed by atoms with Gasteiger partial charge in [-0.1, -0.05) is 29.0 Å². The van der Waals surface area contributed by atoms with Gasteiger partial charge >= 0.3 is 0 Å². The molecule has 3 aromatic rings. The second-order valence-corrected chi connectivity index (χ2v) is 9.24. The van der Waals surface area contributed by atoms with E-state index in [0.717, 1.165) is 16.9 Å². The van der Waals surface area contributed by atoms with E-state index in [9.17, 15) is 13.2 Å². The summed E-state index contributed by atoms with van der Waals surface area (Å²) in [5.74, 6) is 0.263. The number of nitrogens with one attached hydrogen (secondary N) is 1. The number of carbonyl (C=O) groups is 1. The molecular weight excluding hydrogens is 398 g/mol. The van der Waals surface area contributed by atoms with Crippen molar-refractivity contribution in [3.8, 4) is 5.75 Å². The predicted octanol–water partition coefficient (Wildman–Crippen LogP) is 3.12. The summed E-state index contributed by atoms with van der Waals surface area (Å²) in [6.45, 7) is 1.90. The van der Waals surface area contributed by atoms with Gasteiger partial charge in [-0.05, 0) is 43.3 Å². The smallest absolute Gasteiger partial charge is 0.257 e. The van der Waals surface area contributed by atoms with Gasteiger partial charge in [0.2, 0.25) is 5.13 Å². The van der Waals surface area contributed by atoms with Crippen LogP contribution in [0.5, 0.6) is 5.75 Å². The van der Waals surface area contributed by atoms with Crippen molar-refractivity contribution >= 4 is 32.2 Å². The van der Waals surface area contributed by atoms with Crippen molar-refractivity contribution in [2.24, 2.45) is 0 Å². The minimum Gasteiger partial charge on any atom is -0.497 e. The highest BCUT2D eigenvalue weighted by molar-refractivity contribution is 7.91. The molecule has 146 valence electrons. The molecule has 0 spiro atoms. The average Bonchev–Trinajstić information content (AvgIpc) is 3.14. The van der Waals surface area contributed by atoms with Gasteiger partial charge in [-0.15, -0.1) is 10.2 Å². The first kappa shape index (κ1) is 20.0. The number of carbonyl (C=O) groups excluding carboxylic acids is 1. The van der Waals surface area contributed by atoms with E-state index in [-0.39, 0.29) is 23.0 Å². The number of aromatic nitrogens is 2. The number of ether oxygens (including phenoxy) is 1. The Balaban J connectivity index is 1.60. The summed E-state index contributed by atoms with van der Waals surface area (Å²) < 4.78 is 29.9. The summed E-state index contributed by atoms with van der Waals surface area (Å²) in [4.78, 5) is 12.5. The molecule has 1 amide bonds. The Morgan fingerprint density at radius 2 is 1.75 bits per heavy atom. The molecule has 0 aliphatic carbocycles. The van der Waals surface area contributed by atoms with E-state index in [1.165, 1.54) is 0 Å². The zero-order chi connectivity index (χ0) is 20.1. The zero-order valence-electron chi connectivity index (χ0n) is 15.4. The maximum atomic E-state index is 12.4. The lowest BCUT2D eigenvalue weighted by molar-refractivity contribution is 0.102. The largest absolute Gasteiger partial charge is 0.497 e. The molecule has 0 aliphatic rings. The van der Waals surface area contributed by atoms with Gasteiger partial charge in [0.15, 0.2) is 9.84 Å². The van der Waals surface area contributed by atoms with Gasteiger partial charge < -0.3 is 4.74 Å². The van der Waals surface area contributed by atoms with Gasteiger partial charge in [0.05, 0.1) is 17.8 Å². The van der Waals surface area contributed by atoms with Crippen molar-refractivity contribution in [1.82, 2.24) is 10.2 Å². The van der Waals surface area contributed by atoms with Gasteiger partial charge in [-0.3, -0.25) is 10.1 Å². The van der Waals surface area contributed by atoms with E-state index in [4.69, 9.17) is 4.74 Å². The van der Waals surface area contributed by atoms with Crippen LogP contribution in [0.1, 0.15) is 20.9 Å². The zero-order valence-corrected chi connectivity index (χ0v) is 17.0. The van der Waals surface area contributed by atoms with Crippen LogP contribution in [0.2, 0.25) is 0 Å². The molecule has 1 heterocycles. The summed E-state index contributed by atoms with van der Waals surface area (Å²) in [7, 11) is -1.85. The molecule has 0 unspecified atom stereocenters. The van der Waals surface area contributed by atoms with E-state index in [1.54, 1.807) is 55.6 Å². The standard InChI is InChI=1S/C19H19N3O4S2/c1-13-3-9-16(10-4-13)28(24,25)12-11-17-21-22-19(27-17)20-18(23)14-5-7-15(26-2)8-6-14/h3-10H,11-12H2,1-2H3,(H,20,22,23). The molecule has 28 heavy (non-hydrogen) atoms. The average molecular weight is 418 g/mol. The molecular formula is C19H19N3O4S2. The Morgan fingerprint density at radius 1 is 1.07 bits per heavy atom. The summed E-state index contributed by atoms with van der Waals surface area (Å²) in [6, 6.07) is 13.4. The van der Waals surface area contributed by atoms with Gasteiger partial charge in [-0.2, -0.15) is 0 Å². The fraction of sp³-hybridized carbons (Fsp3) is 0.211. The van der Waals surface area contributed by atoms with Crippen LogP contribution in [-0.4, -0.2) is 37.4 Å². The van der Waals surface area contributed by atoms with E-state index in [2.05, 4.69) is 15.5 Å². The Hall–Kier alpha value is -2.78. The fourth-order valence-electron chi connectivity index (χ4n) is 2.40. The molecule has 0 atom stereocenters. The second-order valence-electron chi connectivity index (χ2n) is 6.07. The van der Waals surface area contributed by atoms with Crippen molar-refractivity contribution in [1.29, 1.82) is 0 Å². The monoisotopic (exact) mass is 417 g/mol. The second kappa shape index (κ2) is 8.49. The van der Waals surface area contributed by atoms with Gasteiger partial charge in [0, 0.05) is 12.0 Å². The highest BCUT2D eigenvalue weighted by Crippen LogP contribution is 2.20. The molecule has 7 nitrogen and oxygen atoms in total. The molecule has 3 rings (SSSR count). The molecule has 0 bridgehead atoms. The minimum atomic E-state index is -3.40. The quantitative estimate of drug-likeness (QED) is 0.634. The number of benzene rings is 2. The van der Waals surface area contributed by atoms with Crippen molar-refractivity contribution in [2.45, 2.75) is 18.2 Å². The fourth-order valence-corrected chi connectivity index (χ4v) is 4.51. The maximum Gasteiger partial charge on any atom is 0.257 e. The Kier molecular flexibility index (Phi) is 6.05. The maximum absolute atomic E-state index is 12.4. The third kappa shape index (κ3) is 4.93. The van der Waals surface area contributed by atoms with Crippen LogP contribution in [0.4, 0.5) is 5.13 Å². The van der Waals surface area contributed by atoms with Crippen LogP contribution in [0.3, 0.4) is 0 Å². The van der Waals surface area contributed by atoms with Gasteiger partial charge in [0.25, 0.3) is 5.91 Å². The van der Waals surface area contributed by atoms with Crippen molar-refractivity contribution < 1.29 is 17.9 Å². The molecule has 1 N–H and O–H groups in total. The lowest BCUT2D eigenvalue weighted by Gasteiger charge is -2.03. The number of rotatable bonds is 7. The summed E-state index contributed by atoms with van der Waals surface area (Å²) in [5.41, 5.74) is 1.46. The summed E-state index contributed by atoms with van der Waals surface area (Å²) in [6.07, 6.45) is 0.228. The van der Waals surface area contributed by atoms with E-state index < -0.39 is 9.84 Å². The molecule has 1 aromatic heterocycles.